The van der Waals surface area contributed by atoms with Crippen molar-refractivity contribution in [2.75, 3.05) is 4.90 Å². The Bertz CT molecular complexity index is 648. The summed E-state index contributed by atoms with van der Waals surface area (Å²) in [5, 5.41) is 11.4. The minimum Gasteiger partial charge on any atom is -0.480 e. The molecular formula is C17H19NO3. The molecule has 1 amide bonds. The Morgan fingerprint density at radius 2 is 1.90 bits per heavy atom. The Kier molecular flexibility index (Phi) is 4.58. The molecule has 0 aliphatic rings. The van der Waals surface area contributed by atoms with E-state index in [1.54, 1.807) is 6.07 Å². The lowest BCUT2D eigenvalue weighted by molar-refractivity contribution is -0.140. The van der Waals surface area contributed by atoms with E-state index in [1.165, 1.54) is 4.90 Å². The van der Waals surface area contributed by atoms with Gasteiger partial charge in [-0.15, -0.1) is 0 Å². The van der Waals surface area contributed by atoms with E-state index < -0.39 is 12.0 Å². The quantitative estimate of drug-likeness (QED) is 0.828. The van der Waals surface area contributed by atoms with Gasteiger partial charge in [0, 0.05) is 5.39 Å². The number of amides is 1. The summed E-state index contributed by atoms with van der Waals surface area (Å²) in [4.78, 5) is 24.5. The maximum absolute atomic E-state index is 11.6. The van der Waals surface area contributed by atoms with Gasteiger partial charge in [0.15, 0.2) is 0 Å². The zero-order valence-corrected chi connectivity index (χ0v) is 12.2. The predicted molar refractivity (Wildman–Crippen MR) is 83.4 cm³/mol. The summed E-state index contributed by atoms with van der Waals surface area (Å²) in [6, 6.07) is 12.4. The third-order valence-electron chi connectivity index (χ3n) is 3.89. The van der Waals surface area contributed by atoms with E-state index in [4.69, 9.17) is 0 Å². The lowest BCUT2D eigenvalue weighted by atomic mass is 9.96. The van der Waals surface area contributed by atoms with Crippen molar-refractivity contribution in [1.82, 2.24) is 0 Å². The molecule has 0 bridgehead atoms. The molecule has 0 aliphatic heterocycles. The normalized spacial score (nSPS) is 13.6. The molecule has 0 spiro atoms. The number of nitrogens with zero attached hydrogens (tertiary/aromatic N) is 1. The molecule has 2 rings (SSSR count). The summed E-state index contributed by atoms with van der Waals surface area (Å²) in [6.45, 7) is 3.77. The molecule has 4 nitrogen and oxygen atoms in total. The van der Waals surface area contributed by atoms with Gasteiger partial charge in [-0.2, -0.15) is 0 Å². The van der Waals surface area contributed by atoms with Gasteiger partial charge in [-0.05, 0) is 17.4 Å². The van der Waals surface area contributed by atoms with Crippen molar-refractivity contribution in [1.29, 1.82) is 0 Å². The molecule has 0 fully saturated rings. The number of hydrogen-bond donors (Lipinski definition) is 1. The van der Waals surface area contributed by atoms with Crippen molar-refractivity contribution >= 4 is 28.8 Å². The molecule has 0 saturated carbocycles. The SMILES string of the molecule is CCC(C)C(C(=O)O)N(C=O)c1cccc2ccccc12. The van der Waals surface area contributed by atoms with Crippen LogP contribution in [-0.4, -0.2) is 23.5 Å². The van der Waals surface area contributed by atoms with Crippen molar-refractivity contribution < 1.29 is 14.7 Å². The Labute approximate surface area is 124 Å². The summed E-state index contributed by atoms with van der Waals surface area (Å²) in [5.74, 6) is -1.11. The van der Waals surface area contributed by atoms with Crippen molar-refractivity contribution in [2.45, 2.75) is 26.3 Å². The Hall–Kier alpha value is -2.36. The molecule has 2 unspecified atom stereocenters. The van der Waals surface area contributed by atoms with Crippen molar-refractivity contribution in [3.63, 3.8) is 0 Å². The van der Waals surface area contributed by atoms with E-state index >= 15 is 0 Å². The summed E-state index contributed by atoms with van der Waals surface area (Å²) in [7, 11) is 0. The molecule has 0 saturated heterocycles. The zero-order chi connectivity index (χ0) is 15.4. The van der Waals surface area contributed by atoms with Crippen LogP contribution in [0.2, 0.25) is 0 Å². The molecule has 4 heteroatoms. The highest BCUT2D eigenvalue weighted by Gasteiger charge is 2.31. The number of anilines is 1. The molecule has 1 N–H and O–H groups in total. The first-order valence-corrected chi connectivity index (χ1v) is 7.04. The number of carboxylic acid groups (broad SMARTS) is 1. The molecule has 0 radical (unpaired) electrons. The highest BCUT2D eigenvalue weighted by Crippen LogP contribution is 2.29. The van der Waals surface area contributed by atoms with Crippen molar-refractivity contribution in [2.24, 2.45) is 5.92 Å². The van der Waals surface area contributed by atoms with Crippen molar-refractivity contribution in [3.8, 4) is 0 Å². The monoisotopic (exact) mass is 285 g/mol. The minimum absolute atomic E-state index is 0.133. The van der Waals surface area contributed by atoms with Gasteiger partial charge in [-0.1, -0.05) is 56.7 Å². The average molecular weight is 285 g/mol. The smallest absolute Gasteiger partial charge is 0.327 e. The van der Waals surface area contributed by atoms with Crippen LogP contribution < -0.4 is 4.90 Å². The first-order chi connectivity index (χ1) is 10.1. The van der Waals surface area contributed by atoms with E-state index in [0.717, 1.165) is 10.8 Å². The Balaban J connectivity index is 2.57. The lowest BCUT2D eigenvalue weighted by Gasteiger charge is -2.30. The molecular weight excluding hydrogens is 266 g/mol. The number of hydrogen-bond acceptors (Lipinski definition) is 2. The number of carbonyl (C=O) groups is 2. The van der Waals surface area contributed by atoms with Crippen LogP contribution in [0.4, 0.5) is 5.69 Å². The third kappa shape index (κ3) is 2.89. The Morgan fingerprint density at radius 3 is 2.52 bits per heavy atom. The van der Waals surface area contributed by atoms with Gasteiger partial charge in [0.1, 0.15) is 6.04 Å². The minimum atomic E-state index is -0.982. The Morgan fingerprint density at radius 1 is 1.24 bits per heavy atom. The highest BCUT2D eigenvalue weighted by atomic mass is 16.4. The van der Waals surface area contributed by atoms with Gasteiger partial charge in [0.05, 0.1) is 5.69 Å². The van der Waals surface area contributed by atoms with E-state index in [2.05, 4.69) is 0 Å². The molecule has 0 heterocycles. The van der Waals surface area contributed by atoms with Gasteiger partial charge in [-0.3, -0.25) is 9.69 Å². The van der Waals surface area contributed by atoms with Gasteiger partial charge in [-0.25, -0.2) is 4.79 Å². The lowest BCUT2D eigenvalue weighted by Crippen LogP contribution is -2.45. The molecule has 110 valence electrons. The molecule has 0 aliphatic carbocycles. The average Bonchev–Trinajstić information content (AvgIpc) is 2.51. The zero-order valence-electron chi connectivity index (χ0n) is 12.2. The second-order valence-corrected chi connectivity index (χ2v) is 5.18. The number of fused-ring (bicyclic) bond motifs is 1. The number of carbonyl (C=O) groups excluding carboxylic acids is 1. The van der Waals surface area contributed by atoms with Crippen LogP contribution in [-0.2, 0) is 9.59 Å². The van der Waals surface area contributed by atoms with E-state index in [9.17, 15) is 14.7 Å². The topological polar surface area (TPSA) is 57.6 Å². The second-order valence-electron chi connectivity index (χ2n) is 5.18. The largest absolute Gasteiger partial charge is 0.480 e. The molecule has 0 aromatic heterocycles. The fourth-order valence-electron chi connectivity index (χ4n) is 2.57. The summed E-state index contributed by atoms with van der Waals surface area (Å²) < 4.78 is 0. The first-order valence-electron chi connectivity index (χ1n) is 7.04. The molecule has 21 heavy (non-hydrogen) atoms. The standard InChI is InChI=1S/C17H19NO3/c1-3-12(2)16(17(20)21)18(11-19)15-10-6-8-13-7-4-5-9-14(13)15/h4-12,16H,3H2,1-2H3,(H,20,21). The number of benzene rings is 2. The third-order valence-corrected chi connectivity index (χ3v) is 3.89. The van der Waals surface area contributed by atoms with E-state index in [1.807, 2.05) is 50.2 Å². The van der Waals surface area contributed by atoms with E-state index in [0.29, 0.717) is 18.5 Å². The van der Waals surface area contributed by atoms with Gasteiger partial charge in [0.25, 0.3) is 0 Å². The fourth-order valence-corrected chi connectivity index (χ4v) is 2.57. The summed E-state index contributed by atoms with van der Waals surface area (Å²) in [5.41, 5.74) is 0.635. The maximum atomic E-state index is 11.6. The number of rotatable bonds is 6. The fraction of sp³-hybridized carbons (Fsp3) is 0.294. The van der Waals surface area contributed by atoms with Crippen LogP contribution in [0.1, 0.15) is 20.3 Å². The second kappa shape index (κ2) is 6.39. The van der Waals surface area contributed by atoms with Gasteiger partial charge < -0.3 is 5.11 Å². The van der Waals surface area contributed by atoms with Gasteiger partial charge in [0.2, 0.25) is 6.41 Å². The molecule has 2 aromatic carbocycles. The maximum Gasteiger partial charge on any atom is 0.327 e. The van der Waals surface area contributed by atoms with Gasteiger partial charge >= 0.3 is 5.97 Å². The van der Waals surface area contributed by atoms with Crippen molar-refractivity contribution in [3.05, 3.63) is 42.5 Å². The van der Waals surface area contributed by atoms with Crippen LogP contribution in [0, 0.1) is 5.92 Å². The van der Waals surface area contributed by atoms with Crippen LogP contribution in [0.25, 0.3) is 10.8 Å². The summed E-state index contributed by atoms with van der Waals surface area (Å²) >= 11 is 0. The highest BCUT2D eigenvalue weighted by molar-refractivity contribution is 6.01. The van der Waals surface area contributed by atoms with Crippen LogP contribution >= 0.6 is 0 Å². The predicted octanol–water partition coefficient (Wildman–Crippen LogP) is 3.30. The van der Waals surface area contributed by atoms with E-state index in [-0.39, 0.29) is 5.92 Å². The molecule has 2 aromatic rings. The van der Waals surface area contributed by atoms with Crippen LogP contribution in [0.3, 0.4) is 0 Å². The number of aliphatic carboxylic acids is 1. The van der Waals surface area contributed by atoms with Crippen LogP contribution in [0.15, 0.2) is 42.5 Å². The first kappa shape index (κ1) is 15.0. The number of carboxylic acids is 1. The van der Waals surface area contributed by atoms with Crippen LogP contribution in [0.5, 0.6) is 0 Å². The molecule has 2 atom stereocenters. The summed E-state index contributed by atoms with van der Waals surface area (Å²) in [6.07, 6.45) is 1.30.